The van der Waals surface area contributed by atoms with Crippen molar-refractivity contribution in [2.45, 2.75) is 50.1 Å². The smallest absolute Gasteiger partial charge is 0.259 e. The molecule has 2 atom stereocenters. The maximum Gasteiger partial charge on any atom is 0.259 e. The zero-order valence-corrected chi connectivity index (χ0v) is 18.4. The van der Waals surface area contributed by atoms with Gasteiger partial charge in [0, 0.05) is 17.8 Å². The fourth-order valence-corrected chi connectivity index (χ4v) is 5.71. The van der Waals surface area contributed by atoms with Gasteiger partial charge in [0.05, 0.1) is 10.5 Å². The molecule has 31 heavy (non-hydrogen) atoms. The number of rotatable bonds is 7. The van der Waals surface area contributed by atoms with Gasteiger partial charge in [0.25, 0.3) is 11.8 Å². The predicted octanol–water partition coefficient (Wildman–Crippen LogP) is 2.75. The Bertz CT molecular complexity index is 1040. The maximum atomic E-state index is 13.1. The molecule has 0 aromatic heterocycles. The van der Waals surface area contributed by atoms with Crippen LogP contribution in [0.4, 0.5) is 5.69 Å². The number of hydrogen-bond acceptors (Lipinski definition) is 5. The van der Waals surface area contributed by atoms with Crippen LogP contribution in [0.5, 0.6) is 5.75 Å². The second-order valence-electron chi connectivity index (χ2n) is 7.69. The van der Waals surface area contributed by atoms with E-state index in [0.29, 0.717) is 5.69 Å². The van der Waals surface area contributed by atoms with Crippen LogP contribution in [0.2, 0.25) is 0 Å². The highest BCUT2D eigenvalue weighted by Crippen LogP contribution is 2.30. The average Bonchev–Trinajstić information content (AvgIpc) is 2.72. The summed E-state index contributed by atoms with van der Waals surface area (Å²) in [5.41, 5.74) is 5.76. The van der Waals surface area contributed by atoms with Crippen molar-refractivity contribution in [1.82, 2.24) is 4.31 Å². The molecular weight excluding hydrogens is 418 g/mol. The van der Waals surface area contributed by atoms with Crippen LogP contribution in [0.15, 0.2) is 53.4 Å². The average molecular weight is 446 g/mol. The number of hydrogen-bond donors (Lipinski definition) is 2. The molecule has 1 saturated heterocycles. The number of nitrogens with two attached hydrogens (primary N) is 1. The van der Waals surface area contributed by atoms with Crippen molar-refractivity contribution in [3.8, 4) is 5.75 Å². The molecular formula is C22H27N3O5S. The lowest BCUT2D eigenvalue weighted by Gasteiger charge is -2.37. The molecule has 2 amide bonds. The highest BCUT2D eigenvalue weighted by Gasteiger charge is 2.35. The van der Waals surface area contributed by atoms with Crippen LogP contribution in [0.3, 0.4) is 0 Å². The van der Waals surface area contributed by atoms with E-state index >= 15 is 0 Å². The molecule has 0 aliphatic carbocycles. The topological polar surface area (TPSA) is 119 Å². The van der Waals surface area contributed by atoms with Gasteiger partial charge in [-0.2, -0.15) is 4.31 Å². The predicted molar refractivity (Wildman–Crippen MR) is 117 cm³/mol. The molecule has 8 nitrogen and oxygen atoms in total. The summed E-state index contributed by atoms with van der Waals surface area (Å²) in [4.78, 5) is 23.8. The number of nitrogens with zero attached hydrogens (tertiary/aromatic N) is 1. The number of anilines is 1. The van der Waals surface area contributed by atoms with Gasteiger partial charge in [-0.25, -0.2) is 8.42 Å². The van der Waals surface area contributed by atoms with E-state index in [1.165, 1.54) is 12.1 Å². The van der Waals surface area contributed by atoms with E-state index in [1.807, 2.05) is 13.8 Å². The van der Waals surface area contributed by atoms with Crippen LogP contribution in [-0.2, 0) is 14.8 Å². The number of piperidine rings is 1. The summed E-state index contributed by atoms with van der Waals surface area (Å²) in [6.07, 6.45) is 2.70. The third-order valence-corrected chi connectivity index (χ3v) is 7.44. The van der Waals surface area contributed by atoms with Crippen molar-refractivity contribution in [2.75, 3.05) is 11.9 Å². The number of primary amides is 1. The van der Waals surface area contributed by atoms with Crippen molar-refractivity contribution < 1.29 is 22.7 Å². The fraction of sp³-hybridized carbons (Fsp3) is 0.364. The number of para-hydroxylation sites is 1. The Balaban J connectivity index is 1.75. The molecule has 0 spiro atoms. The first-order chi connectivity index (χ1) is 14.7. The molecule has 2 unspecified atom stereocenters. The first-order valence-electron chi connectivity index (χ1n) is 10.1. The Hall–Kier alpha value is -2.91. The molecule has 1 fully saturated rings. The summed E-state index contributed by atoms with van der Waals surface area (Å²) in [7, 11) is -3.62. The Morgan fingerprint density at radius 2 is 1.68 bits per heavy atom. The van der Waals surface area contributed by atoms with E-state index < -0.39 is 21.8 Å². The molecule has 2 aromatic carbocycles. The fourth-order valence-electron chi connectivity index (χ4n) is 3.83. The molecule has 2 aromatic rings. The van der Waals surface area contributed by atoms with Gasteiger partial charge in [-0.1, -0.05) is 18.6 Å². The van der Waals surface area contributed by atoms with Gasteiger partial charge in [-0.15, -0.1) is 0 Å². The minimum absolute atomic E-state index is 0.0509. The molecule has 3 rings (SSSR count). The second-order valence-corrected chi connectivity index (χ2v) is 9.54. The van der Waals surface area contributed by atoms with E-state index in [0.717, 1.165) is 19.3 Å². The summed E-state index contributed by atoms with van der Waals surface area (Å²) in [5.74, 6) is -0.871. The van der Waals surface area contributed by atoms with Crippen LogP contribution in [-0.4, -0.2) is 43.2 Å². The number of nitrogens with one attached hydrogen (secondary N) is 1. The molecule has 3 N–H and O–H groups in total. The van der Waals surface area contributed by atoms with Crippen molar-refractivity contribution in [3.05, 3.63) is 54.1 Å². The Morgan fingerprint density at radius 3 is 2.29 bits per heavy atom. The van der Waals surface area contributed by atoms with Gasteiger partial charge in [0.15, 0.2) is 6.61 Å². The summed E-state index contributed by atoms with van der Waals surface area (Å²) >= 11 is 0. The van der Waals surface area contributed by atoms with E-state index in [-0.39, 0.29) is 34.9 Å². The zero-order valence-electron chi connectivity index (χ0n) is 17.6. The Labute approximate surface area is 182 Å². The van der Waals surface area contributed by atoms with Crippen molar-refractivity contribution >= 4 is 27.5 Å². The molecule has 0 saturated carbocycles. The molecule has 1 aliphatic heterocycles. The third kappa shape index (κ3) is 5.23. The first-order valence-corrected chi connectivity index (χ1v) is 11.6. The van der Waals surface area contributed by atoms with Crippen LogP contribution >= 0.6 is 0 Å². The van der Waals surface area contributed by atoms with Crippen LogP contribution < -0.4 is 15.8 Å². The molecule has 166 valence electrons. The van der Waals surface area contributed by atoms with E-state index in [1.54, 1.807) is 40.7 Å². The first kappa shape index (κ1) is 22.8. The normalized spacial score (nSPS) is 19.5. The number of sulfonamides is 1. The van der Waals surface area contributed by atoms with Crippen molar-refractivity contribution in [1.29, 1.82) is 0 Å². The van der Waals surface area contributed by atoms with Gasteiger partial charge in [0.2, 0.25) is 10.0 Å². The molecule has 0 bridgehead atoms. The Morgan fingerprint density at radius 1 is 1.06 bits per heavy atom. The van der Waals surface area contributed by atoms with Crippen molar-refractivity contribution in [3.63, 3.8) is 0 Å². The summed E-state index contributed by atoms with van der Waals surface area (Å²) in [5, 5.41) is 2.72. The highest BCUT2D eigenvalue weighted by molar-refractivity contribution is 7.89. The van der Waals surface area contributed by atoms with Crippen LogP contribution in [0.25, 0.3) is 0 Å². The number of ether oxygens (including phenoxy) is 1. The number of amides is 2. The molecule has 0 radical (unpaired) electrons. The van der Waals surface area contributed by atoms with Crippen molar-refractivity contribution in [2.24, 2.45) is 5.73 Å². The van der Waals surface area contributed by atoms with E-state index in [9.17, 15) is 18.0 Å². The number of carbonyl (C=O) groups is 2. The monoisotopic (exact) mass is 445 g/mol. The zero-order chi connectivity index (χ0) is 22.6. The highest BCUT2D eigenvalue weighted by atomic mass is 32.2. The summed E-state index contributed by atoms with van der Waals surface area (Å²) in [6, 6.07) is 12.5. The van der Waals surface area contributed by atoms with Crippen LogP contribution in [0, 0.1) is 0 Å². The van der Waals surface area contributed by atoms with Gasteiger partial charge < -0.3 is 15.8 Å². The third-order valence-electron chi connectivity index (χ3n) is 5.30. The lowest BCUT2D eigenvalue weighted by atomic mass is 10.0. The van der Waals surface area contributed by atoms with Gasteiger partial charge in [-0.3, -0.25) is 9.59 Å². The maximum absolute atomic E-state index is 13.1. The van der Waals surface area contributed by atoms with Crippen LogP contribution in [0.1, 0.15) is 43.5 Å². The van der Waals surface area contributed by atoms with Gasteiger partial charge in [0.1, 0.15) is 5.75 Å². The lowest BCUT2D eigenvalue weighted by molar-refractivity contribution is -0.119. The molecule has 1 aliphatic rings. The quantitative estimate of drug-likeness (QED) is 0.679. The Kier molecular flexibility index (Phi) is 6.97. The summed E-state index contributed by atoms with van der Waals surface area (Å²) in [6.45, 7) is 3.52. The molecule has 1 heterocycles. The molecule has 9 heteroatoms. The SMILES string of the molecule is CC1CCCC(C)N1S(=O)(=O)c1ccc(NC(=O)c2ccccc2OCC(N)=O)cc1. The number of carbonyl (C=O) groups excluding carboxylic acids is 2. The standard InChI is InChI=1S/C22H27N3O5S/c1-15-6-5-7-16(2)25(15)31(28,29)18-12-10-17(11-13-18)24-22(27)19-8-3-4-9-20(19)30-14-21(23)26/h3-4,8-13,15-16H,5-7,14H2,1-2H3,(H2,23,26)(H,24,27). The number of benzene rings is 2. The van der Waals surface area contributed by atoms with E-state index in [4.69, 9.17) is 10.5 Å². The minimum Gasteiger partial charge on any atom is -0.483 e. The second kappa shape index (κ2) is 9.49. The summed E-state index contributed by atoms with van der Waals surface area (Å²) < 4.78 is 33.1. The minimum atomic E-state index is -3.62. The van der Waals surface area contributed by atoms with Gasteiger partial charge in [-0.05, 0) is 63.1 Å². The van der Waals surface area contributed by atoms with E-state index in [2.05, 4.69) is 5.32 Å². The lowest BCUT2D eigenvalue weighted by Crippen LogP contribution is -2.47. The largest absolute Gasteiger partial charge is 0.483 e. The van der Waals surface area contributed by atoms with Gasteiger partial charge >= 0.3 is 0 Å².